The third kappa shape index (κ3) is 11.1. The molecule has 4 amide bonds. The minimum absolute atomic E-state index is 0.0847. The molecule has 0 bridgehead atoms. The van der Waals surface area contributed by atoms with Crippen LogP contribution in [0.5, 0.6) is 5.75 Å². The van der Waals surface area contributed by atoms with E-state index in [0.29, 0.717) is 31.1 Å². The van der Waals surface area contributed by atoms with Gasteiger partial charge in [0.05, 0.1) is 28.7 Å². The minimum Gasteiger partial charge on any atom is -0.495 e. The van der Waals surface area contributed by atoms with Gasteiger partial charge in [-0.2, -0.15) is 0 Å². The van der Waals surface area contributed by atoms with Crippen LogP contribution in [0.1, 0.15) is 95.0 Å². The molecule has 1 fully saturated rings. The van der Waals surface area contributed by atoms with Gasteiger partial charge in [0.2, 0.25) is 0 Å². The number of amides is 4. The van der Waals surface area contributed by atoms with Gasteiger partial charge in [-0.3, -0.25) is 19.0 Å². The number of ether oxygens (including phenoxy) is 2. The predicted octanol–water partition coefficient (Wildman–Crippen LogP) is 9.18. The van der Waals surface area contributed by atoms with Crippen LogP contribution >= 0.6 is 23.2 Å². The summed E-state index contributed by atoms with van der Waals surface area (Å²) in [5.74, 6) is -1.15. The van der Waals surface area contributed by atoms with Crippen LogP contribution in [0.2, 0.25) is 10.0 Å². The molecule has 1 aliphatic rings. The Labute approximate surface area is 332 Å². The number of imide groups is 1. The fraction of sp³-hybridized carbons (Fsp3) is 0.452. The molecule has 2 heterocycles. The van der Waals surface area contributed by atoms with Crippen LogP contribution in [0.25, 0.3) is 10.9 Å². The van der Waals surface area contributed by atoms with Crippen LogP contribution in [0.4, 0.5) is 10.5 Å². The molecule has 0 radical (unpaired) electrons. The number of benzene rings is 3. The highest BCUT2D eigenvalue weighted by molar-refractivity contribution is 6.38. The summed E-state index contributed by atoms with van der Waals surface area (Å²) in [6.07, 6.45) is 12.6. The van der Waals surface area contributed by atoms with Crippen LogP contribution < -0.4 is 15.6 Å². The third-order valence-corrected chi connectivity index (χ3v) is 10.2. The number of nitrogens with zero attached hydrogens (tertiary/aromatic N) is 4. The van der Waals surface area contributed by atoms with Gasteiger partial charge in [-0.15, -0.1) is 0 Å². The van der Waals surface area contributed by atoms with Gasteiger partial charge in [0.25, 0.3) is 17.4 Å². The number of anilines is 1. The molecule has 5 rings (SSSR count). The zero-order valence-corrected chi connectivity index (χ0v) is 33.2. The van der Waals surface area contributed by atoms with Crippen LogP contribution in [0.3, 0.4) is 0 Å². The Morgan fingerprint density at radius 1 is 0.855 bits per heavy atom. The zero-order valence-electron chi connectivity index (χ0n) is 31.7. The third-order valence-electron chi connectivity index (χ3n) is 9.72. The van der Waals surface area contributed by atoms with Crippen molar-refractivity contribution >= 4 is 57.6 Å². The number of hydrogen-bond acceptors (Lipinski definition) is 7. The average Bonchev–Trinajstić information content (AvgIpc) is 3.44. The number of rotatable bonds is 22. The summed E-state index contributed by atoms with van der Waals surface area (Å²) in [4.78, 5) is 63.8. The van der Waals surface area contributed by atoms with Crippen molar-refractivity contribution in [3.05, 3.63) is 98.5 Å². The van der Waals surface area contributed by atoms with Crippen molar-refractivity contribution in [2.45, 2.75) is 96.7 Å². The average molecular weight is 793 g/mol. The predicted molar refractivity (Wildman–Crippen MR) is 217 cm³/mol. The minimum atomic E-state index is -1.65. The molecule has 294 valence electrons. The Hall–Kier alpha value is -4.45. The molecule has 1 N–H and O–H groups in total. The molecule has 1 saturated heterocycles. The van der Waals surface area contributed by atoms with Crippen LogP contribution in [0, 0.1) is 0 Å². The molecule has 1 aromatic heterocycles. The van der Waals surface area contributed by atoms with Crippen LogP contribution in [-0.4, -0.2) is 64.1 Å². The van der Waals surface area contributed by atoms with E-state index in [1.165, 1.54) is 80.1 Å². The van der Waals surface area contributed by atoms with E-state index in [1.807, 2.05) is 30.3 Å². The summed E-state index contributed by atoms with van der Waals surface area (Å²) in [6.45, 7) is 3.13. The Morgan fingerprint density at radius 2 is 1.51 bits per heavy atom. The number of urea groups is 1. The van der Waals surface area contributed by atoms with E-state index in [9.17, 15) is 19.2 Å². The number of unbranched alkanes of at least 4 members (excludes halogenated alkanes) is 9. The Balaban J connectivity index is 1.40. The van der Waals surface area contributed by atoms with Crippen molar-refractivity contribution in [2.75, 3.05) is 32.2 Å². The van der Waals surface area contributed by atoms with Crippen molar-refractivity contribution in [2.24, 2.45) is 0 Å². The molecule has 13 heteroatoms. The molecule has 0 saturated carbocycles. The number of para-hydroxylation sites is 2. The van der Waals surface area contributed by atoms with Crippen LogP contribution in [-0.2, 0) is 27.4 Å². The number of aromatic nitrogens is 2. The summed E-state index contributed by atoms with van der Waals surface area (Å²) in [5.41, 5.74) is 0.687. The molecule has 1 aliphatic heterocycles. The van der Waals surface area contributed by atoms with Gasteiger partial charge in [-0.25, -0.2) is 14.7 Å². The van der Waals surface area contributed by atoms with Crippen LogP contribution in [0.15, 0.2) is 71.5 Å². The second-order valence-electron chi connectivity index (χ2n) is 13.8. The number of halogens is 2. The molecule has 0 spiro atoms. The maximum Gasteiger partial charge on any atom is 0.328 e. The number of methoxy groups -OCH3 is 1. The number of carbonyl (C=O) groups is 3. The number of fused-ring (bicyclic) bond motifs is 1. The Kier molecular flexibility index (Phi) is 15.9. The maximum absolute atomic E-state index is 14.5. The highest BCUT2D eigenvalue weighted by atomic mass is 35.5. The largest absolute Gasteiger partial charge is 0.495 e. The summed E-state index contributed by atoms with van der Waals surface area (Å²) >= 11 is 12.9. The zero-order chi connectivity index (χ0) is 39.2. The summed E-state index contributed by atoms with van der Waals surface area (Å²) in [6, 6.07) is 16.6. The Bertz CT molecular complexity index is 1970. The molecule has 3 aromatic carbocycles. The lowest BCUT2D eigenvalue weighted by atomic mass is 10.1. The number of carbonyl (C=O) groups excluding carboxylic acids is 3. The van der Waals surface area contributed by atoms with Gasteiger partial charge in [0.1, 0.15) is 18.1 Å². The highest BCUT2D eigenvalue weighted by Crippen LogP contribution is 2.32. The number of hydrogen-bond donors (Lipinski definition) is 1. The van der Waals surface area contributed by atoms with Crippen molar-refractivity contribution in [3.63, 3.8) is 0 Å². The van der Waals surface area contributed by atoms with Gasteiger partial charge in [0.15, 0.2) is 6.04 Å². The standard InChI is InChI=1S/C42H51Cl2N5O6/c1-3-4-5-6-7-8-9-10-11-17-24-55-25-18-23-48-39(46-37-32(41(48)52)26-31(43)27-33(37)44)38(40(51)45-34-21-15-16-22-35(34)54-2)49-36(50)29-47(42(49)53)28-30-19-13-12-14-20-30/h12-16,19-22,26-27,38H,3-11,17-18,23-25,28-29H2,1-2H3,(H,45,51). The van der Waals surface area contributed by atoms with E-state index in [4.69, 9.17) is 37.7 Å². The lowest BCUT2D eigenvalue weighted by Crippen LogP contribution is -2.45. The van der Waals surface area contributed by atoms with E-state index in [1.54, 1.807) is 24.3 Å². The SMILES string of the molecule is CCCCCCCCCCCCOCCCn1c(C(C(=O)Nc2ccccc2OC)N2C(=O)CN(Cc3ccccc3)C2=O)nc2c(Cl)cc(Cl)cc2c1=O. The fourth-order valence-electron chi connectivity index (χ4n) is 6.86. The summed E-state index contributed by atoms with van der Waals surface area (Å²) in [5, 5.41) is 3.28. The van der Waals surface area contributed by atoms with E-state index < -0.39 is 29.4 Å². The van der Waals surface area contributed by atoms with E-state index in [2.05, 4.69) is 12.2 Å². The van der Waals surface area contributed by atoms with E-state index in [0.717, 1.165) is 23.3 Å². The lowest BCUT2D eigenvalue weighted by molar-refractivity contribution is -0.133. The van der Waals surface area contributed by atoms with Gasteiger partial charge in [-0.1, -0.05) is 130 Å². The second kappa shape index (κ2) is 21.0. The summed E-state index contributed by atoms with van der Waals surface area (Å²) in [7, 11) is 1.46. The smallest absolute Gasteiger partial charge is 0.328 e. The molecule has 0 aliphatic carbocycles. The quantitative estimate of drug-likeness (QED) is 0.0622. The molecule has 55 heavy (non-hydrogen) atoms. The summed E-state index contributed by atoms with van der Waals surface area (Å²) < 4.78 is 12.7. The van der Waals surface area contributed by atoms with Gasteiger partial charge in [0, 0.05) is 31.3 Å². The topological polar surface area (TPSA) is 123 Å². The van der Waals surface area contributed by atoms with Crippen molar-refractivity contribution in [1.82, 2.24) is 19.4 Å². The first-order valence-corrected chi connectivity index (χ1v) is 20.0. The van der Waals surface area contributed by atoms with Crippen molar-refractivity contribution < 1.29 is 23.9 Å². The highest BCUT2D eigenvalue weighted by Gasteiger charge is 2.46. The molecule has 11 nitrogen and oxygen atoms in total. The lowest BCUT2D eigenvalue weighted by Gasteiger charge is -2.28. The maximum atomic E-state index is 14.5. The second-order valence-corrected chi connectivity index (χ2v) is 14.7. The molecule has 1 atom stereocenters. The molecule has 4 aromatic rings. The van der Waals surface area contributed by atoms with Gasteiger partial charge >= 0.3 is 6.03 Å². The Morgan fingerprint density at radius 3 is 2.22 bits per heavy atom. The molecular weight excluding hydrogens is 741 g/mol. The van der Waals surface area contributed by atoms with Gasteiger partial charge < -0.3 is 19.7 Å². The van der Waals surface area contributed by atoms with E-state index >= 15 is 0 Å². The van der Waals surface area contributed by atoms with Crippen molar-refractivity contribution in [1.29, 1.82) is 0 Å². The fourth-order valence-corrected chi connectivity index (χ4v) is 7.39. The first-order valence-electron chi connectivity index (χ1n) is 19.3. The molecule has 1 unspecified atom stereocenters. The number of nitrogens with one attached hydrogen (secondary N) is 1. The molecular formula is C42H51Cl2N5O6. The first kappa shape index (κ1) is 41.7. The normalized spacial score (nSPS) is 13.5. The van der Waals surface area contributed by atoms with Gasteiger partial charge in [-0.05, 0) is 42.7 Å². The van der Waals surface area contributed by atoms with E-state index in [-0.39, 0.29) is 46.4 Å². The van der Waals surface area contributed by atoms with Crippen molar-refractivity contribution in [3.8, 4) is 5.75 Å². The first-order chi connectivity index (χ1) is 26.7. The monoisotopic (exact) mass is 791 g/mol.